The van der Waals surface area contributed by atoms with Crippen molar-refractivity contribution in [3.8, 4) is 0 Å². The molecule has 6 N–H and O–H groups in total. The first-order valence-corrected chi connectivity index (χ1v) is 31.7. The molecule has 1 heterocycles. The highest BCUT2D eigenvalue weighted by Crippen LogP contribution is 2.26. The third kappa shape index (κ3) is 41.7. The standard InChI is InChI=1S/C66H117NO10/c1-4-7-10-13-16-19-22-25-27-29-31-32-35-38-41-44-47-50-53-59(70)65(74)67-57(58(69)52-49-46-43-40-37-34-24-21-18-15-12-9-6-3)56-75-66-64(63(73)62(72)60(55-68)76-66)77-61(71)54-51-48-45-42-39-36-33-30-28-26-23-20-17-14-11-8-5-2/h16-17,19-20,25-28,33,36,49,52,57-60,62-64,66,68-70,72-73H,4-15,18,21-24,29-32,34-35,37-48,50-51,53-56H2,1-3H3,(H,67,74)/b19-16-,20-17-,27-25-,28-26-,36-33-,52-49+. The Balaban J connectivity index is 2.71. The van der Waals surface area contributed by atoms with Crippen LogP contribution in [0.1, 0.15) is 271 Å². The maximum atomic E-state index is 13.4. The molecule has 8 unspecified atom stereocenters. The van der Waals surface area contributed by atoms with Crippen LogP contribution in [0.4, 0.5) is 0 Å². The average molecular weight is 1080 g/mol. The van der Waals surface area contributed by atoms with Gasteiger partial charge in [0, 0.05) is 6.42 Å². The normalized spacial score (nSPS) is 19.5. The summed E-state index contributed by atoms with van der Waals surface area (Å²) in [6.45, 7) is 5.73. The number of allylic oxidation sites excluding steroid dienone is 11. The van der Waals surface area contributed by atoms with Crippen LogP contribution in [-0.4, -0.2) is 99.6 Å². The van der Waals surface area contributed by atoms with E-state index in [9.17, 15) is 35.1 Å². The average Bonchev–Trinajstić information content (AvgIpc) is 3.43. The monoisotopic (exact) mass is 1080 g/mol. The molecule has 0 aliphatic carbocycles. The van der Waals surface area contributed by atoms with Gasteiger partial charge in [0.05, 0.1) is 25.4 Å². The fraction of sp³-hybridized carbons (Fsp3) is 0.788. The first kappa shape index (κ1) is 72.1. The van der Waals surface area contributed by atoms with Crippen molar-refractivity contribution in [2.75, 3.05) is 13.2 Å². The largest absolute Gasteiger partial charge is 0.454 e. The lowest BCUT2D eigenvalue weighted by Crippen LogP contribution is -2.61. The molecule has 8 atom stereocenters. The predicted octanol–water partition coefficient (Wildman–Crippen LogP) is 15.2. The molecule has 1 rings (SSSR count). The van der Waals surface area contributed by atoms with E-state index in [0.29, 0.717) is 12.8 Å². The highest BCUT2D eigenvalue weighted by molar-refractivity contribution is 5.80. The second-order valence-corrected chi connectivity index (χ2v) is 21.8. The number of amides is 1. The van der Waals surface area contributed by atoms with Gasteiger partial charge in [0.25, 0.3) is 0 Å². The molecule has 1 aliphatic rings. The molecule has 1 fully saturated rings. The molecule has 0 aromatic carbocycles. The number of hydrogen-bond donors (Lipinski definition) is 6. The van der Waals surface area contributed by atoms with E-state index in [0.717, 1.165) is 96.3 Å². The number of carbonyl (C=O) groups is 2. The van der Waals surface area contributed by atoms with Gasteiger partial charge in [0.1, 0.15) is 24.4 Å². The quantitative estimate of drug-likeness (QED) is 0.0195. The van der Waals surface area contributed by atoms with Crippen LogP contribution in [0.3, 0.4) is 0 Å². The number of aliphatic hydroxyl groups excluding tert-OH is 5. The van der Waals surface area contributed by atoms with Crippen LogP contribution in [0.2, 0.25) is 0 Å². The van der Waals surface area contributed by atoms with Gasteiger partial charge < -0.3 is 45.1 Å². The molecular weight excluding hydrogens is 967 g/mol. The Morgan fingerprint density at radius 3 is 1.36 bits per heavy atom. The number of ether oxygens (including phenoxy) is 3. The number of aliphatic hydroxyl groups is 5. The van der Waals surface area contributed by atoms with Gasteiger partial charge in [0.2, 0.25) is 5.91 Å². The van der Waals surface area contributed by atoms with E-state index in [1.807, 2.05) is 6.08 Å². The molecule has 0 radical (unpaired) electrons. The van der Waals surface area contributed by atoms with E-state index in [-0.39, 0.29) is 19.4 Å². The maximum Gasteiger partial charge on any atom is 0.306 e. The van der Waals surface area contributed by atoms with Crippen molar-refractivity contribution < 1.29 is 49.3 Å². The third-order valence-corrected chi connectivity index (χ3v) is 14.6. The summed E-state index contributed by atoms with van der Waals surface area (Å²) < 4.78 is 17.6. The maximum absolute atomic E-state index is 13.4. The van der Waals surface area contributed by atoms with Crippen molar-refractivity contribution in [2.45, 2.75) is 320 Å². The molecule has 0 saturated carbocycles. The third-order valence-electron chi connectivity index (χ3n) is 14.6. The molecule has 77 heavy (non-hydrogen) atoms. The number of carbonyl (C=O) groups excluding carboxylic acids is 2. The molecule has 11 nitrogen and oxygen atoms in total. The van der Waals surface area contributed by atoms with Crippen LogP contribution >= 0.6 is 0 Å². The molecule has 1 saturated heterocycles. The van der Waals surface area contributed by atoms with Gasteiger partial charge in [0.15, 0.2) is 12.4 Å². The van der Waals surface area contributed by atoms with Crippen LogP contribution in [0.15, 0.2) is 72.9 Å². The minimum absolute atomic E-state index is 0.0955. The lowest BCUT2D eigenvalue weighted by atomic mass is 9.99. The van der Waals surface area contributed by atoms with Crippen LogP contribution in [-0.2, 0) is 23.8 Å². The van der Waals surface area contributed by atoms with Crippen LogP contribution in [0.25, 0.3) is 0 Å². The van der Waals surface area contributed by atoms with Crippen LogP contribution < -0.4 is 5.32 Å². The second kappa shape index (κ2) is 53.7. The Bertz CT molecular complexity index is 1530. The Labute approximate surface area is 471 Å². The summed E-state index contributed by atoms with van der Waals surface area (Å²) in [7, 11) is 0. The summed E-state index contributed by atoms with van der Waals surface area (Å²) in [6.07, 6.45) is 57.8. The van der Waals surface area contributed by atoms with Crippen molar-refractivity contribution in [1.82, 2.24) is 5.32 Å². The lowest BCUT2D eigenvalue weighted by molar-refractivity contribution is -0.305. The Morgan fingerprint density at radius 2 is 0.896 bits per heavy atom. The second-order valence-electron chi connectivity index (χ2n) is 21.8. The molecule has 446 valence electrons. The van der Waals surface area contributed by atoms with Crippen molar-refractivity contribution in [3.05, 3.63) is 72.9 Å². The minimum Gasteiger partial charge on any atom is -0.454 e. The Morgan fingerprint density at radius 1 is 0.506 bits per heavy atom. The van der Waals surface area contributed by atoms with Crippen LogP contribution in [0.5, 0.6) is 0 Å². The summed E-state index contributed by atoms with van der Waals surface area (Å²) in [5.74, 6) is -1.22. The van der Waals surface area contributed by atoms with Crippen molar-refractivity contribution in [3.63, 3.8) is 0 Å². The van der Waals surface area contributed by atoms with Crippen molar-refractivity contribution >= 4 is 11.9 Å². The van der Waals surface area contributed by atoms with Gasteiger partial charge in [-0.25, -0.2) is 0 Å². The summed E-state index contributed by atoms with van der Waals surface area (Å²) >= 11 is 0. The first-order chi connectivity index (χ1) is 37.7. The van der Waals surface area contributed by atoms with Gasteiger partial charge in [-0.1, -0.05) is 241 Å². The van der Waals surface area contributed by atoms with E-state index < -0.39 is 67.4 Å². The van der Waals surface area contributed by atoms with E-state index in [1.165, 1.54) is 128 Å². The van der Waals surface area contributed by atoms with E-state index in [1.54, 1.807) is 6.08 Å². The zero-order valence-corrected chi connectivity index (χ0v) is 49.3. The molecule has 1 amide bonds. The topological polar surface area (TPSA) is 175 Å². The summed E-state index contributed by atoms with van der Waals surface area (Å²) in [5.41, 5.74) is 0. The number of hydrogen-bond acceptors (Lipinski definition) is 10. The lowest BCUT2D eigenvalue weighted by Gasteiger charge is -2.41. The number of rotatable bonds is 53. The molecule has 0 aromatic rings. The van der Waals surface area contributed by atoms with Crippen LogP contribution in [0, 0.1) is 0 Å². The molecule has 0 aromatic heterocycles. The van der Waals surface area contributed by atoms with Crippen molar-refractivity contribution in [1.29, 1.82) is 0 Å². The zero-order chi connectivity index (χ0) is 56.1. The predicted molar refractivity (Wildman–Crippen MR) is 319 cm³/mol. The Hall–Kier alpha value is -2.90. The number of nitrogens with one attached hydrogen (secondary N) is 1. The summed E-state index contributed by atoms with van der Waals surface area (Å²) in [5, 5.41) is 57.0. The smallest absolute Gasteiger partial charge is 0.306 e. The number of unbranched alkanes of at least 4 members (excludes halogenated alkanes) is 29. The van der Waals surface area contributed by atoms with Gasteiger partial charge in [-0.2, -0.15) is 0 Å². The van der Waals surface area contributed by atoms with Gasteiger partial charge in [-0.15, -0.1) is 0 Å². The van der Waals surface area contributed by atoms with E-state index >= 15 is 0 Å². The fourth-order valence-electron chi connectivity index (χ4n) is 9.51. The molecular formula is C66H117NO10. The highest BCUT2D eigenvalue weighted by atomic mass is 16.7. The SMILES string of the molecule is CCCCC/C=C\C/C=C\C/C=C\CCCCCCC(=O)OC1C(OCC(NC(=O)C(O)CCCCCCCCCC/C=C\C/C=C\CCCCC)C(O)/C=C/CCCCCCCCCCCCC)OC(CO)C(O)C1O. The minimum atomic E-state index is -1.63. The molecule has 0 spiro atoms. The number of esters is 1. The van der Waals surface area contributed by atoms with Gasteiger partial charge in [-0.05, 0) is 96.3 Å². The van der Waals surface area contributed by atoms with E-state index in [4.69, 9.17) is 14.2 Å². The molecule has 11 heteroatoms. The Kier molecular flexibility index (Phi) is 50.3. The summed E-state index contributed by atoms with van der Waals surface area (Å²) in [6, 6.07) is -1.03. The van der Waals surface area contributed by atoms with E-state index in [2.05, 4.69) is 86.8 Å². The summed E-state index contributed by atoms with van der Waals surface area (Å²) in [4.78, 5) is 26.6. The molecule has 1 aliphatic heterocycles. The fourth-order valence-corrected chi connectivity index (χ4v) is 9.51. The van der Waals surface area contributed by atoms with Gasteiger partial charge in [-0.3, -0.25) is 9.59 Å². The molecule has 0 bridgehead atoms. The zero-order valence-electron chi connectivity index (χ0n) is 49.3. The highest BCUT2D eigenvalue weighted by Gasteiger charge is 2.47. The first-order valence-electron chi connectivity index (χ1n) is 31.7. The van der Waals surface area contributed by atoms with Gasteiger partial charge >= 0.3 is 5.97 Å². The van der Waals surface area contributed by atoms with Crippen molar-refractivity contribution in [2.24, 2.45) is 0 Å².